The number of carbonyl (C=O) groups excluding carboxylic acids is 12. The highest BCUT2D eigenvalue weighted by Gasteiger charge is 2.48. The van der Waals surface area contributed by atoms with Crippen LogP contribution in [0.25, 0.3) is 0 Å². The quantitative estimate of drug-likeness (QED) is 0.0142. The molecule has 7 N–H and O–H groups in total. The molecule has 2 saturated heterocycles. The van der Waals surface area contributed by atoms with Gasteiger partial charge in [-0.05, 0) is 157 Å². The standard InChI is InChI=1S/C45H56N8O8.C25H32N2O6.C22H26N4O4.2CH4/c1-28-44(58)51(2)34-19-21-38(49-41(34)53(28)30-13-8-9-14-30)48-33-18-17-29(25-37(33)60-3)42(56)47-24-11-7-5-4-6-10-23-46-40(55)27-61-36-16-12-15-31-32(36)26-52(45(31)59)35-20-22-39(54)50-43(35)57;1-2-3-4-5-6-7-8-9-11-17(28)16-33-20-13-10-12-18-22(20)25(32)27(24(18)31)19-14-15-21(29)26-23(19)30;1-13-21(27)25(2)17-10-11-19(24-20(17)26(13)15-6-4-5-7-15)23-16-9-8-14(22(28)29)12-18(16)30-3;;/h12,15-19,21,25,28,30,35H,4-11,13-14,20,22-24,26-27H2,1-3H3,(H,46,55)(H,47,56)(H,48,49)(H,50,54,57);10,12-13,19H,2-9,11,14-16H2,1H3,(H,26,29,30);8-13,15H,4-7H2,1-3H3,(H,23,24)(H,28,29);2*1H4/t28-,35?;;13-;;/m1.1../s1. The van der Waals surface area contributed by atoms with Crippen molar-refractivity contribution in [3.8, 4) is 23.0 Å². The van der Waals surface area contributed by atoms with Crippen LogP contribution < -0.4 is 70.4 Å². The molecule has 6 aromatic rings. The number of amides is 11. The number of aromatic carboxylic acids is 1. The third-order valence-electron chi connectivity index (χ3n) is 24.2. The van der Waals surface area contributed by atoms with Crippen molar-refractivity contribution in [3.05, 3.63) is 130 Å². The summed E-state index contributed by atoms with van der Waals surface area (Å²) in [4.78, 5) is 181. The van der Waals surface area contributed by atoms with Gasteiger partial charge < -0.3 is 69.8 Å². The lowest BCUT2D eigenvalue weighted by Gasteiger charge is -2.42. The SMILES string of the molecule is C.C.CCCCCCCCCCC(=O)COc1cccc2c1C(=O)N(C1CCC(=O)NC1=O)C2=O.COc1cc(C(=O)NCCCCCCCCNC(=O)COc2cccc3c2CN(C2CCC(=O)NC2=O)C3=O)ccc1Nc1ccc2c(n1)N(C1CCCC1)[C@H](C)C(=O)N2C.COc1cc(C(=O)O)ccc1Nc1ccc2c(n1)N(C1CCCC1)[C@H](C)C(=O)N2C. The van der Waals surface area contributed by atoms with Gasteiger partial charge in [-0.3, -0.25) is 73.1 Å². The Morgan fingerprint density at radius 1 is 0.508 bits per heavy atom. The fraction of sp³-hybridized carbons (Fsp3) is 0.500. The summed E-state index contributed by atoms with van der Waals surface area (Å²) < 4.78 is 22.4. The van der Waals surface area contributed by atoms with Gasteiger partial charge in [-0.15, -0.1) is 0 Å². The van der Waals surface area contributed by atoms with Gasteiger partial charge in [-0.25, -0.2) is 14.8 Å². The van der Waals surface area contributed by atoms with E-state index in [9.17, 15) is 67.4 Å². The van der Waals surface area contributed by atoms with Crippen molar-refractivity contribution in [2.75, 3.05) is 84.9 Å². The Hall–Kier alpha value is -12.5. The first-order valence-corrected chi connectivity index (χ1v) is 43.6. The van der Waals surface area contributed by atoms with E-state index in [1.165, 1.54) is 62.3 Å². The minimum Gasteiger partial charge on any atom is -0.495 e. The molecule has 0 radical (unpaired) electrons. The summed E-state index contributed by atoms with van der Waals surface area (Å²) in [5.74, 6) is -0.479. The van der Waals surface area contributed by atoms with Crippen LogP contribution in [0.5, 0.6) is 23.0 Å². The summed E-state index contributed by atoms with van der Waals surface area (Å²) >= 11 is 0. The number of nitrogens with one attached hydrogen (secondary N) is 6. The molecular formula is C94H122N14O18. The Morgan fingerprint density at radius 2 is 0.984 bits per heavy atom. The van der Waals surface area contributed by atoms with Gasteiger partial charge in [-0.1, -0.05) is 130 Å². The number of Topliss-reactive ketones (excluding diaryl/α,β-unsaturated/α-hetero) is 1. The summed E-state index contributed by atoms with van der Waals surface area (Å²) in [5, 5.41) is 26.2. The molecule has 4 atom stereocenters. The van der Waals surface area contributed by atoms with Crippen LogP contribution in [0.2, 0.25) is 0 Å². The molecule has 4 aromatic carbocycles. The number of methoxy groups -OCH3 is 2. The van der Waals surface area contributed by atoms with E-state index in [0.29, 0.717) is 82.5 Å². The van der Waals surface area contributed by atoms with Crippen molar-refractivity contribution in [1.82, 2.24) is 41.0 Å². The van der Waals surface area contributed by atoms with Gasteiger partial charge >= 0.3 is 5.97 Å². The number of anilines is 8. The van der Waals surface area contributed by atoms with Gasteiger partial charge in [-0.2, -0.15) is 0 Å². The third kappa shape index (κ3) is 22.8. The Bertz CT molecular complexity index is 4990. The number of imide groups is 3. The van der Waals surface area contributed by atoms with Crippen molar-refractivity contribution >= 4 is 123 Å². The number of ketones is 1. The monoisotopic (exact) mass is 1730 g/mol. The summed E-state index contributed by atoms with van der Waals surface area (Å²) in [5.41, 5.74) is 4.79. The van der Waals surface area contributed by atoms with Crippen LogP contribution in [-0.2, 0) is 44.9 Å². The number of carboxylic acids is 1. The molecule has 4 fully saturated rings. The second kappa shape index (κ2) is 44.9. The number of pyridine rings is 2. The van der Waals surface area contributed by atoms with Gasteiger partial charge in [0.1, 0.15) is 65.4 Å². The molecule has 8 aliphatic rings. The summed E-state index contributed by atoms with van der Waals surface area (Å²) in [7, 11) is 6.65. The lowest BCUT2D eigenvalue weighted by atomic mass is 10.0. The first kappa shape index (κ1) is 95.7. The Balaban J connectivity index is 0.000000215. The van der Waals surface area contributed by atoms with Crippen LogP contribution >= 0.6 is 0 Å². The highest BCUT2D eigenvalue weighted by atomic mass is 16.5. The van der Waals surface area contributed by atoms with Crippen molar-refractivity contribution in [1.29, 1.82) is 0 Å². The molecule has 2 unspecified atom stereocenters. The maximum absolute atomic E-state index is 13.0. The van der Waals surface area contributed by atoms with Gasteiger partial charge in [0, 0.05) is 75.2 Å². The molecular weight excluding hydrogens is 1610 g/mol. The first-order valence-electron chi connectivity index (χ1n) is 43.6. The Morgan fingerprint density at radius 3 is 1.51 bits per heavy atom. The second-order valence-electron chi connectivity index (χ2n) is 32.7. The Kier molecular flexibility index (Phi) is 34.1. The topological polar surface area (TPSA) is 396 Å². The molecule has 14 rings (SSSR count). The number of fused-ring (bicyclic) bond motifs is 4. The highest BCUT2D eigenvalue weighted by Crippen LogP contribution is 2.44. The molecule has 2 saturated carbocycles. The molecule has 8 heterocycles. The molecule has 2 aliphatic carbocycles. The number of piperidine rings is 2. The largest absolute Gasteiger partial charge is 0.495 e. The zero-order chi connectivity index (χ0) is 88.3. The molecule has 0 spiro atoms. The van der Waals surface area contributed by atoms with Crippen LogP contribution in [0, 0.1) is 0 Å². The van der Waals surface area contributed by atoms with Gasteiger partial charge in [0.15, 0.2) is 24.0 Å². The number of hydrogen-bond acceptors (Lipinski definition) is 23. The number of ether oxygens (including phenoxy) is 4. The first-order chi connectivity index (χ1) is 59.9. The molecule has 32 heteroatoms. The molecule has 126 heavy (non-hydrogen) atoms. The maximum Gasteiger partial charge on any atom is 0.335 e. The average molecular weight is 1740 g/mol. The lowest BCUT2D eigenvalue weighted by Crippen LogP contribution is -2.54. The molecule has 676 valence electrons. The minimum atomic E-state index is -1.04. The van der Waals surface area contributed by atoms with Crippen LogP contribution in [0.4, 0.5) is 46.0 Å². The van der Waals surface area contributed by atoms with Gasteiger partial charge in [0.05, 0.1) is 60.2 Å². The van der Waals surface area contributed by atoms with E-state index in [-0.39, 0.29) is 142 Å². The maximum atomic E-state index is 13.0. The van der Waals surface area contributed by atoms with E-state index in [2.05, 4.69) is 48.6 Å². The molecule has 0 bridgehead atoms. The molecule has 6 aliphatic heterocycles. The molecule has 2 aromatic heterocycles. The van der Waals surface area contributed by atoms with Crippen LogP contribution in [-0.4, -0.2) is 192 Å². The number of unbranched alkanes of at least 4 members (excludes halogenated alkanes) is 12. The van der Waals surface area contributed by atoms with E-state index in [1.807, 2.05) is 44.2 Å². The summed E-state index contributed by atoms with van der Waals surface area (Å²) in [6, 6.07) is 25.4. The van der Waals surface area contributed by atoms with E-state index >= 15 is 0 Å². The second-order valence-corrected chi connectivity index (χ2v) is 32.7. The number of carbonyl (C=O) groups is 13. The number of benzene rings is 4. The fourth-order valence-corrected chi connectivity index (χ4v) is 17.5. The van der Waals surface area contributed by atoms with Crippen molar-refractivity contribution in [2.45, 2.75) is 252 Å². The van der Waals surface area contributed by atoms with Gasteiger partial charge in [0.2, 0.25) is 35.4 Å². The lowest BCUT2D eigenvalue weighted by molar-refractivity contribution is -0.138. The predicted molar refractivity (Wildman–Crippen MR) is 479 cm³/mol. The zero-order valence-electron chi connectivity index (χ0n) is 71.8. The molecule has 32 nitrogen and oxygen atoms in total. The van der Waals surface area contributed by atoms with Crippen molar-refractivity contribution < 1.29 is 86.4 Å². The fourth-order valence-electron chi connectivity index (χ4n) is 17.5. The normalized spacial score (nSPS) is 18.3. The van der Waals surface area contributed by atoms with Crippen molar-refractivity contribution in [2.24, 2.45) is 0 Å². The number of nitrogens with zero attached hydrogens (tertiary/aromatic N) is 8. The summed E-state index contributed by atoms with van der Waals surface area (Å²) in [6.07, 6.45) is 24.6. The number of hydrogen-bond donors (Lipinski definition) is 7. The predicted octanol–water partition coefficient (Wildman–Crippen LogP) is 13.5. The minimum absolute atomic E-state index is 0. The van der Waals surface area contributed by atoms with Crippen LogP contribution in [0.3, 0.4) is 0 Å². The van der Waals surface area contributed by atoms with Crippen molar-refractivity contribution in [3.63, 3.8) is 0 Å². The zero-order valence-corrected chi connectivity index (χ0v) is 71.8. The van der Waals surface area contributed by atoms with Gasteiger partial charge in [0.25, 0.3) is 29.5 Å². The molecule has 11 amide bonds. The smallest absolute Gasteiger partial charge is 0.335 e. The number of aromatic nitrogens is 2. The van der Waals surface area contributed by atoms with E-state index in [1.54, 1.807) is 79.5 Å². The third-order valence-corrected chi connectivity index (χ3v) is 24.2. The number of carboxylic acid groups (broad SMARTS) is 1. The van der Waals surface area contributed by atoms with Crippen LogP contribution in [0.1, 0.15) is 266 Å². The van der Waals surface area contributed by atoms with E-state index in [4.69, 9.17) is 28.9 Å². The average Bonchev–Trinajstić information content (AvgIpc) is 1.38. The van der Waals surface area contributed by atoms with E-state index in [0.717, 1.165) is 137 Å². The highest BCUT2D eigenvalue weighted by molar-refractivity contribution is 6.24. The number of likely N-dealkylation sites (N-methyl/N-ethyl adjacent to an activating group) is 2. The van der Waals surface area contributed by atoms with Crippen LogP contribution in [0.15, 0.2) is 97.1 Å². The Labute approximate surface area is 736 Å². The number of rotatable bonds is 36. The van der Waals surface area contributed by atoms with E-state index < -0.39 is 47.6 Å². The summed E-state index contributed by atoms with van der Waals surface area (Å²) in [6.45, 7) is 6.96.